The van der Waals surface area contributed by atoms with Gasteiger partial charge in [0.2, 0.25) is 0 Å². The van der Waals surface area contributed by atoms with Crippen molar-refractivity contribution in [1.82, 2.24) is 0 Å². The zero-order valence-corrected chi connectivity index (χ0v) is 13.0. The Labute approximate surface area is 128 Å². The molecule has 1 aromatic rings. The van der Waals surface area contributed by atoms with Gasteiger partial charge in [0, 0.05) is 22.2 Å². The Morgan fingerprint density at radius 1 is 1.50 bits per heavy atom. The Morgan fingerprint density at radius 3 is 2.68 bits per heavy atom. The molecule has 0 aliphatic heterocycles. The summed E-state index contributed by atoms with van der Waals surface area (Å²) in [5, 5.41) is 15.3. The van der Waals surface area contributed by atoms with Crippen molar-refractivity contribution < 1.29 is 19.4 Å². The van der Waals surface area contributed by atoms with Crippen molar-refractivity contribution in [2.45, 2.75) is 32.4 Å². The summed E-state index contributed by atoms with van der Waals surface area (Å²) in [6.45, 7) is 4.95. The Hall–Kier alpha value is -2.44. The van der Waals surface area contributed by atoms with Crippen molar-refractivity contribution in [1.29, 1.82) is 0 Å². The molecule has 8 nitrogen and oxygen atoms in total. The number of carbonyl (C=O) groups excluding carboxylic acids is 1. The lowest BCUT2D eigenvalue weighted by Gasteiger charge is -2.20. The zero-order valence-electron chi connectivity index (χ0n) is 13.0. The van der Waals surface area contributed by atoms with E-state index in [1.54, 1.807) is 39.0 Å². The molecule has 1 unspecified atom stereocenters. The van der Waals surface area contributed by atoms with E-state index in [4.69, 9.17) is 15.0 Å². The summed E-state index contributed by atoms with van der Waals surface area (Å²) in [6.07, 6.45) is -0.587. The maximum atomic E-state index is 11.7. The Morgan fingerprint density at radius 2 is 2.18 bits per heavy atom. The van der Waals surface area contributed by atoms with Crippen LogP contribution in [0.5, 0.6) is 5.75 Å². The van der Waals surface area contributed by atoms with Crippen LogP contribution in [0.1, 0.15) is 32.4 Å². The summed E-state index contributed by atoms with van der Waals surface area (Å²) in [7, 11) is 1.45. The van der Waals surface area contributed by atoms with Gasteiger partial charge in [-0.05, 0) is 32.4 Å². The minimum Gasteiger partial charge on any atom is -0.496 e. The molecule has 120 valence electrons. The number of amides is 1. The highest BCUT2D eigenvalue weighted by Gasteiger charge is 2.18. The second kappa shape index (κ2) is 7.53. The van der Waals surface area contributed by atoms with Crippen LogP contribution in [-0.2, 0) is 4.74 Å². The average Bonchev–Trinajstić information content (AvgIpc) is 2.42. The first-order valence-corrected chi connectivity index (χ1v) is 6.63. The molecule has 0 heterocycles. The highest BCUT2D eigenvalue weighted by molar-refractivity contribution is 5.85. The van der Waals surface area contributed by atoms with E-state index in [0.29, 0.717) is 17.0 Å². The second-order valence-corrected chi connectivity index (χ2v) is 5.49. The molecule has 8 heteroatoms. The highest BCUT2D eigenvalue weighted by atomic mass is 16.6. The number of benzene rings is 1. The van der Waals surface area contributed by atoms with E-state index in [1.807, 2.05) is 0 Å². The van der Waals surface area contributed by atoms with Gasteiger partial charge in [-0.3, -0.25) is 5.32 Å². The molecule has 0 aliphatic rings. The first kappa shape index (κ1) is 17.6. The first-order valence-electron chi connectivity index (χ1n) is 6.63. The number of aliphatic hydroxyl groups is 1. The predicted molar refractivity (Wildman–Crippen MR) is 81.8 cm³/mol. The van der Waals surface area contributed by atoms with E-state index in [0.717, 1.165) is 0 Å². The van der Waals surface area contributed by atoms with Crippen molar-refractivity contribution in [2.75, 3.05) is 19.0 Å². The van der Waals surface area contributed by atoms with Gasteiger partial charge >= 0.3 is 6.09 Å². The van der Waals surface area contributed by atoms with Gasteiger partial charge in [-0.25, -0.2) is 4.79 Å². The van der Waals surface area contributed by atoms with Crippen LogP contribution in [0.2, 0.25) is 0 Å². The number of ether oxygens (including phenoxy) is 2. The van der Waals surface area contributed by atoms with E-state index in [9.17, 15) is 9.90 Å². The third-order valence-corrected chi connectivity index (χ3v) is 2.60. The maximum Gasteiger partial charge on any atom is 0.412 e. The normalized spacial score (nSPS) is 12.0. The average molecular weight is 308 g/mol. The monoisotopic (exact) mass is 308 g/mol. The molecule has 1 aromatic carbocycles. The van der Waals surface area contributed by atoms with E-state index < -0.39 is 17.7 Å². The standard InChI is InChI=1S/C14H20N4O4/c1-14(2,3)22-13(20)16-9-5-6-10(12(7-9)21-4)11(8-19)17-18-15/h5-7,11,19H,8H2,1-4H3,(H,16,20). The molecule has 1 rings (SSSR count). The van der Waals surface area contributed by atoms with E-state index in [1.165, 1.54) is 7.11 Å². The van der Waals surface area contributed by atoms with Crippen molar-refractivity contribution in [2.24, 2.45) is 5.11 Å². The Kier molecular flexibility index (Phi) is 6.03. The van der Waals surface area contributed by atoms with E-state index in [2.05, 4.69) is 15.3 Å². The molecule has 22 heavy (non-hydrogen) atoms. The minimum absolute atomic E-state index is 0.348. The van der Waals surface area contributed by atoms with Crippen LogP contribution < -0.4 is 10.1 Å². The molecule has 1 amide bonds. The van der Waals surface area contributed by atoms with Gasteiger partial charge in [-0.1, -0.05) is 11.2 Å². The largest absolute Gasteiger partial charge is 0.496 e. The van der Waals surface area contributed by atoms with Crippen LogP contribution in [-0.4, -0.2) is 30.5 Å². The fraction of sp³-hybridized carbons (Fsp3) is 0.500. The predicted octanol–water partition coefficient (Wildman–Crippen LogP) is 3.39. The number of methoxy groups -OCH3 is 1. The van der Waals surface area contributed by atoms with Crippen LogP contribution in [0.25, 0.3) is 10.4 Å². The molecule has 1 atom stereocenters. The van der Waals surface area contributed by atoms with Gasteiger partial charge in [0.1, 0.15) is 11.4 Å². The molecule has 2 N–H and O–H groups in total. The molecular weight excluding hydrogens is 288 g/mol. The molecular formula is C14H20N4O4. The van der Waals surface area contributed by atoms with Gasteiger partial charge in [-0.2, -0.15) is 0 Å². The number of carbonyl (C=O) groups is 1. The number of anilines is 1. The van der Waals surface area contributed by atoms with Crippen molar-refractivity contribution in [3.63, 3.8) is 0 Å². The Bertz CT molecular complexity index is 577. The van der Waals surface area contributed by atoms with Crippen molar-refractivity contribution in [3.05, 3.63) is 34.2 Å². The second-order valence-electron chi connectivity index (χ2n) is 5.49. The van der Waals surface area contributed by atoms with Crippen LogP contribution in [0.15, 0.2) is 23.3 Å². The first-order chi connectivity index (χ1) is 10.3. The lowest BCUT2D eigenvalue weighted by Crippen LogP contribution is -2.27. The topological polar surface area (TPSA) is 117 Å². The minimum atomic E-state index is -0.754. The third kappa shape index (κ3) is 5.16. The van der Waals surface area contributed by atoms with Crippen LogP contribution in [0.3, 0.4) is 0 Å². The number of nitrogens with one attached hydrogen (secondary N) is 1. The fourth-order valence-electron chi connectivity index (χ4n) is 1.75. The smallest absolute Gasteiger partial charge is 0.412 e. The fourth-order valence-corrected chi connectivity index (χ4v) is 1.75. The van der Waals surface area contributed by atoms with Gasteiger partial charge < -0.3 is 14.6 Å². The van der Waals surface area contributed by atoms with Crippen LogP contribution in [0.4, 0.5) is 10.5 Å². The summed E-state index contributed by atoms with van der Waals surface area (Å²) in [6, 6.07) is 4.03. The number of hydrogen-bond donors (Lipinski definition) is 2. The quantitative estimate of drug-likeness (QED) is 0.492. The molecule has 0 spiro atoms. The van der Waals surface area contributed by atoms with E-state index >= 15 is 0 Å². The number of nitrogens with zero attached hydrogens (tertiary/aromatic N) is 3. The Balaban J connectivity index is 2.97. The summed E-state index contributed by atoms with van der Waals surface area (Å²) in [5.41, 5.74) is 8.90. The molecule has 0 bridgehead atoms. The number of rotatable bonds is 5. The summed E-state index contributed by atoms with van der Waals surface area (Å²) in [5.74, 6) is 0.389. The zero-order chi connectivity index (χ0) is 16.8. The van der Waals surface area contributed by atoms with E-state index in [-0.39, 0.29) is 6.61 Å². The van der Waals surface area contributed by atoms with Gasteiger partial charge in [0.15, 0.2) is 0 Å². The lowest BCUT2D eigenvalue weighted by molar-refractivity contribution is 0.0636. The summed E-state index contributed by atoms with van der Waals surface area (Å²) in [4.78, 5) is 14.4. The highest BCUT2D eigenvalue weighted by Crippen LogP contribution is 2.30. The van der Waals surface area contributed by atoms with Crippen molar-refractivity contribution >= 4 is 11.8 Å². The summed E-state index contributed by atoms with van der Waals surface area (Å²) < 4.78 is 10.4. The molecule has 0 saturated carbocycles. The molecule has 0 aromatic heterocycles. The molecule has 0 fully saturated rings. The maximum absolute atomic E-state index is 11.7. The molecule has 0 saturated heterocycles. The lowest BCUT2D eigenvalue weighted by atomic mass is 10.1. The number of azide groups is 1. The number of aliphatic hydroxyl groups excluding tert-OH is 1. The van der Waals surface area contributed by atoms with Gasteiger partial charge in [-0.15, -0.1) is 0 Å². The van der Waals surface area contributed by atoms with Gasteiger partial charge in [0.05, 0.1) is 19.8 Å². The van der Waals surface area contributed by atoms with Gasteiger partial charge in [0.25, 0.3) is 0 Å². The van der Waals surface area contributed by atoms with Crippen LogP contribution in [0, 0.1) is 0 Å². The van der Waals surface area contributed by atoms with Crippen molar-refractivity contribution in [3.8, 4) is 5.75 Å². The molecule has 0 aliphatic carbocycles. The molecule has 0 radical (unpaired) electrons. The third-order valence-electron chi connectivity index (χ3n) is 2.60. The summed E-state index contributed by atoms with van der Waals surface area (Å²) >= 11 is 0. The SMILES string of the molecule is COc1cc(NC(=O)OC(C)(C)C)ccc1C(CO)N=[N+]=[N-]. The number of hydrogen-bond acceptors (Lipinski definition) is 5. The van der Waals surface area contributed by atoms with Crippen LogP contribution >= 0.6 is 0 Å².